The van der Waals surface area contributed by atoms with Gasteiger partial charge in [0.05, 0.1) is 19.8 Å². The Labute approximate surface area is 161 Å². The van der Waals surface area contributed by atoms with Crippen LogP contribution in [0.1, 0.15) is 10.4 Å². The van der Waals surface area contributed by atoms with E-state index in [2.05, 4.69) is 25.2 Å². The van der Waals surface area contributed by atoms with E-state index in [1.165, 1.54) is 13.4 Å². The molecule has 1 aliphatic rings. The zero-order chi connectivity index (χ0) is 19.7. The Kier molecular flexibility index (Phi) is 4.68. The number of carbonyl (C=O) groups is 1. The zero-order valence-electron chi connectivity index (χ0n) is 16.0. The molecule has 1 aliphatic heterocycles. The summed E-state index contributed by atoms with van der Waals surface area (Å²) in [7, 11) is 4.89. The maximum Gasteiger partial charge on any atom is 0.257 e. The molecule has 0 saturated carbocycles. The van der Waals surface area contributed by atoms with Crippen LogP contribution in [0.2, 0.25) is 0 Å². The fourth-order valence-electron chi connectivity index (χ4n) is 3.42. The van der Waals surface area contributed by atoms with Gasteiger partial charge in [-0.1, -0.05) is 11.3 Å². The summed E-state index contributed by atoms with van der Waals surface area (Å²) in [5.74, 6) is 1.65. The second-order valence-electron chi connectivity index (χ2n) is 6.40. The molecule has 0 unspecified atom stereocenters. The van der Waals surface area contributed by atoms with Gasteiger partial charge in [-0.05, 0) is 12.1 Å². The number of amides is 1. The highest BCUT2D eigenvalue weighted by Crippen LogP contribution is 2.32. The Bertz CT molecular complexity index is 1010. The smallest absolute Gasteiger partial charge is 0.257 e. The average molecular weight is 383 g/mol. The van der Waals surface area contributed by atoms with Gasteiger partial charge in [0.15, 0.2) is 28.5 Å². The van der Waals surface area contributed by atoms with E-state index >= 15 is 0 Å². The van der Waals surface area contributed by atoms with Crippen LogP contribution >= 0.6 is 0 Å². The van der Waals surface area contributed by atoms with E-state index < -0.39 is 0 Å². The Morgan fingerprint density at radius 1 is 1.07 bits per heavy atom. The summed E-state index contributed by atoms with van der Waals surface area (Å²) in [5, 5.41) is 8.19. The van der Waals surface area contributed by atoms with E-state index in [1.54, 1.807) is 37.0 Å². The number of rotatable bonds is 4. The Morgan fingerprint density at radius 2 is 1.86 bits per heavy atom. The van der Waals surface area contributed by atoms with Gasteiger partial charge in [-0.15, -0.1) is 5.10 Å². The lowest BCUT2D eigenvalue weighted by molar-refractivity contribution is 0.0742. The lowest BCUT2D eigenvalue weighted by atomic mass is 10.1. The average Bonchev–Trinajstić information content (AvgIpc) is 3.13. The molecule has 1 amide bonds. The SMILES string of the molecule is COc1cccc(C(=O)N2CCN(c3ncnc4c3nnn4C)CC2)c1OC. The number of hydrogen-bond acceptors (Lipinski definition) is 8. The predicted octanol–water partition coefficient (Wildman–Crippen LogP) is 0.738. The molecule has 3 aromatic rings. The monoisotopic (exact) mass is 383 g/mol. The molecule has 0 bridgehead atoms. The number of benzene rings is 1. The molecular formula is C18H21N7O3. The normalized spacial score (nSPS) is 14.4. The number of fused-ring (bicyclic) bond motifs is 1. The molecule has 146 valence electrons. The second kappa shape index (κ2) is 7.29. The van der Waals surface area contributed by atoms with Gasteiger partial charge in [0, 0.05) is 33.2 Å². The van der Waals surface area contributed by atoms with Crippen molar-refractivity contribution in [2.75, 3.05) is 45.3 Å². The third-order valence-corrected chi connectivity index (χ3v) is 4.87. The van der Waals surface area contributed by atoms with Gasteiger partial charge in [0.25, 0.3) is 5.91 Å². The lowest BCUT2D eigenvalue weighted by Gasteiger charge is -2.35. The van der Waals surface area contributed by atoms with E-state index in [0.29, 0.717) is 54.4 Å². The number of para-hydroxylation sites is 1. The van der Waals surface area contributed by atoms with Crippen LogP contribution in [0.3, 0.4) is 0 Å². The highest BCUT2D eigenvalue weighted by molar-refractivity contribution is 5.98. The molecule has 28 heavy (non-hydrogen) atoms. The number of aryl methyl sites for hydroxylation is 1. The van der Waals surface area contributed by atoms with Crippen molar-refractivity contribution in [3.05, 3.63) is 30.1 Å². The van der Waals surface area contributed by atoms with Crippen molar-refractivity contribution in [2.45, 2.75) is 0 Å². The summed E-state index contributed by atoms with van der Waals surface area (Å²) in [6, 6.07) is 5.31. The van der Waals surface area contributed by atoms with E-state index in [0.717, 1.165) is 5.82 Å². The van der Waals surface area contributed by atoms with Crippen molar-refractivity contribution < 1.29 is 14.3 Å². The lowest BCUT2D eigenvalue weighted by Crippen LogP contribution is -2.49. The first-order valence-electron chi connectivity index (χ1n) is 8.89. The number of piperazine rings is 1. The molecule has 1 aromatic carbocycles. The van der Waals surface area contributed by atoms with Crippen LogP contribution in [0.25, 0.3) is 11.2 Å². The molecule has 10 nitrogen and oxygen atoms in total. The topological polar surface area (TPSA) is 98.5 Å². The minimum Gasteiger partial charge on any atom is -0.493 e. The number of ether oxygens (including phenoxy) is 2. The highest BCUT2D eigenvalue weighted by Gasteiger charge is 2.27. The molecule has 1 fully saturated rings. The van der Waals surface area contributed by atoms with Crippen LogP contribution in [0, 0.1) is 0 Å². The third-order valence-electron chi connectivity index (χ3n) is 4.87. The molecule has 0 atom stereocenters. The number of hydrogen-bond donors (Lipinski definition) is 0. The van der Waals surface area contributed by atoms with E-state index in [4.69, 9.17) is 9.47 Å². The van der Waals surface area contributed by atoms with Gasteiger partial charge >= 0.3 is 0 Å². The quantitative estimate of drug-likeness (QED) is 0.651. The molecule has 0 aliphatic carbocycles. The van der Waals surface area contributed by atoms with E-state index in [9.17, 15) is 4.79 Å². The van der Waals surface area contributed by atoms with Crippen molar-refractivity contribution in [3.8, 4) is 11.5 Å². The van der Waals surface area contributed by atoms with Gasteiger partial charge in [-0.25, -0.2) is 14.6 Å². The fourth-order valence-corrected chi connectivity index (χ4v) is 3.42. The third kappa shape index (κ3) is 2.96. The van der Waals surface area contributed by atoms with Gasteiger partial charge in [0.2, 0.25) is 0 Å². The first-order chi connectivity index (χ1) is 13.6. The molecule has 1 saturated heterocycles. The second-order valence-corrected chi connectivity index (χ2v) is 6.40. The minimum absolute atomic E-state index is 0.0808. The molecule has 4 rings (SSSR count). The number of carbonyl (C=O) groups excluding carboxylic acids is 1. The number of methoxy groups -OCH3 is 2. The van der Waals surface area contributed by atoms with Crippen LogP contribution in [0.15, 0.2) is 24.5 Å². The zero-order valence-corrected chi connectivity index (χ0v) is 16.0. The summed E-state index contributed by atoms with van der Waals surface area (Å²) in [6.07, 6.45) is 1.51. The number of aromatic nitrogens is 5. The molecule has 2 aromatic heterocycles. The van der Waals surface area contributed by atoms with Crippen LogP contribution in [0.5, 0.6) is 11.5 Å². The Balaban J connectivity index is 1.52. The van der Waals surface area contributed by atoms with Crippen LogP contribution in [-0.2, 0) is 7.05 Å². The Hall–Kier alpha value is -3.43. The first-order valence-corrected chi connectivity index (χ1v) is 8.89. The van der Waals surface area contributed by atoms with Crippen molar-refractivity contribution in [2.24, 2.45) is 7.05 Å². The van der Waals surface area contributed by atoms with Gasteiger partial charge in [-0.2, -0.15) is 0 Å². The summed E-state index contributed by atoms with van der Waals surface area (Å²) >= 11 is 0. The van der Waals surface area contributed by atoms with Crippen molar-refractivity contribution in [1.29, 1.82) is 0 Å². The van der Waals surface area contributed by atoms with E-state index in [-0.39, 0.29) is 5.91 Å². The molecule has 10 heteroatoms. The summed E-state index contributed by atoms with van der Waals surface area (Å²) in [5.41, 5.74) is 1.84. The van der Waals surface area contributed by atoms with Crippen LogP contribution in [-0.4, -0.2) is 76.2 Å². The maximum atomic E-state index is 13.0. The molecular weight excluding hydrogens is 362 g/mol. The fraction of sp³-hybridized carbons (Fsp3) is 0.389. The summed E-state index contributed by atoms with van der Waals surface area (Å²) in [4.78, 5) is 25.5. The maximum absolute atomic E-state index is 13.0. The largest absolute Gasteiger partial charge is 0.493 e. The Morgan fingerprint density at radius 3 is 2.57 bits per heavy atom. The van der Waals surface area contributed by atoms with Crippen molar-refractivity contribution in [3.63, 3.8) is 0 Å². The predicted molar refractivity (Wildman–Crippen MR) is 102 cm³/mol. The highest BCUT2D eigenvalue weighted by atomic mass is 16.5. The molecule has 0 spiro atoms. The van der Waals surface area contributed by atoms with Crippen LogP contribution in [0.4, 0.5) is 5.82 Å². The molecule has 0 N–H and O–H groups in total. The van der Waals surface area contributed by atoms with Crippen LogP contribution < -0.4 is 14.4 Å². The standard InChI is InChI=1S/C18H21N7O3/c1-23-16-14(21-22-23)17(20-11-19-16)24-7-9-25(10-8-24)18(26)12-5-4-6-13(27-2)15(12)28-3/h4-6,11H,7-10H2,1-3H3. The summed E-state index contributed by atoms with van der Waals surface area (Å²) < 4.78 is 12.3. The molecule has 0 radical (unpaired) electrons. The van der Waals surface area contributed by atoms with Gasteiger partial charge in [0.1, 0.15) is 6.33 Å². The summed E-state index contributed by atoms with van der Waals surface area (Å²) in [6.45, 7) is 2.40. The van der Waals surface area contributed by atoms with Crippen molar-refractivity contribution >= 4 is 22.9 Å². The minimum atomic E-state index is -0.0808. The van der Waals surface area contributed by atoms with E-state index in [1.807, 2.05) is 4.90 Å². The van der Waals surface area contributed by atoms with Crippen molar-refractivity contribution in [1.82, 2.24) is 29.9 Å². The van der Waals surface area contributed by atoms with Gasteiger partial charge < -0.3 is 19.3 Å². The molecule has 3 heterocycles. The number of nitrogens with zero attached hydrogens (tertiary/aromatic N) is 7. The van der Waals surface area contributed by atoms with Gasteiger partial charge in [-0.3, -0.25) is 4.79 Å². The first kappa shape index (κ1) is 18.0. The number of anilines is 1.